The minimum atomic E-state index is 0.500. The van der Waals surface area contributed by atoms with E-state index >= 15 is 0 Å². The molecule has 0 bridgehead atoms. The van der Waals surface area contributed by atoms with Gasteiger partial charge in [0.25, 0.3) is 0 Å². The smallest absolute Gasteiger partial charge is 0.171 e. The third-order valence-corrected chi connectivity index (χ3v) is 0.532. The molecule has 0 aliphatic carbocycles. The molecule has 0 aliphatic rings. The lowest BCUT2D eigenvalue weighted by Gasteiger charge is -1.82. The molecule has 0 aliphatic heterocycles. The topological polar surface area (TPSA) is 62.5 Å². The van der Waals surface area contributed by atoms with E-state index in [-0.39, 0.29) is 0 Å². The molecule has 5 heteroatoms. The first-order chi connectivity index (χ1) is 4.18. The summed E-state index contributed by atoms with van der Waals surface area (Å²) in [7, 11) is 6.41. The van der Waals surface area contributed by atoms with Gasteiger partial charge >= 0.3 is 0 Å². The number of nitrogens with one attached hydrogen (secondary N) is 2. The van der Waals surface area contributed by atoms with E-state index in [0.717, 1.165) is 0 Å². The average Bonchev–Trinajstić information content (AvgIpc) is 1.89. The van der Waals surface area contributed by atoms with Crippen LogP contribution >= 0.6 is 0 Å². The first-order valence-electron chi connectivity index (χ1n) is 2.53. The van der Waals surface area contributed by atoms with Crippen LogP contribution in [-0.4, -0.2) is 33.1 Å². The lowest BCUT2D eigenvalue weighted by molar-refractivity contribution is -0.497. The van der Waals surface area contributed by atoms with Gasteiger partial charge in [0.1, 0.15) is 0 Å². The summed E-state index contributed by atoms with van der Waals surface area (Å²) >= 11 is 0. The van der Waals surface area contributed by atoms with E-state index in [1.807, 2.05) is 14.1 Å². The molecule has 9 heavy (non-hydrogen) atoms. The zero-order valence-corrected chi connectivity index (χ0v) is 6.30. The van der Waals surface area contributed by atoms with Gasteiger partial charge in [-0.05, 0) is 19.2 Å². The summed E-state index contributed by atoms with van der Waals surface area (Å²) in [6, 6.07) is 0. The van der Waals surface area contributed by atoms with Gasteiger partial charge in [0.2, 0.25) is 0 Å². The Balaban J connectivity index is 0. The van der Waals surface area contributed by atoms with Crippen molar-refractivity contribution in [2.75, 3.05) is 28.2 Å². The first-order valence-corrected chi connectivity index (χ1v) is 2.53. The molecular weight excluding hydrogens is 120 g/mol. The van der Waals surface area contributed by atoms with Crippen molar-refractivity contribution in [1.82, 2.24) is 10.9 Å². The highest BCUT2D eigenvalue weighted by atomic mass is 16.5. The fourth-order valence-corrected chi connectivity index (χ4v) is 0. The van der Waals surface area contributed by atoms with E-state index in [4.69, 9.17) is 0 Å². The quantitative estimate of drug-likeness (QED) is 0.290. The zero-order valence-electron chi connectivity index (χ0n) is 6.30. The monoisotopic (exact) mass is 134 g/mol. The maximum absolute atomic E-state index is 9.56. The first kappa shape index (κ1) is 11.2. The summed E-state index contributed by atoms with van der Waals surface area (Å²) in [6.07, 6.45) is 0. The molecule has 5 nitrogen and oxygen atoms in total. The highest BCUT2D eigenvalue weighted by Crippen LogP contribution is 1.54. The molecular formula is C4H14N4O. The average molecular weight is 134 g/mol. The lowest BCUT2D eigenvalue weighted by atomic mass is 11.4. The Labute approximate surface area is 55.3 Å². The van der Waals surface area contributed by atoms with Gasteiger partial charge in [-0.15, -0.1) is 4.86 Å². The van der Waals surface area contributed by atoms with Gasteiger partial charge in [-0.3, -0.25) is 10.9 Å². The zero-order chi connectivity index (χ0) is 7.70. The fourth-order valence-electron chi connectivity index (χ4n) is 0. The molecule has 0 rings (SSSR count). The van der Waals surface area contributed by atoms with Crippen molar-refractivity contribution in [2.45, 2.75) is 0 Å². The number of hydrogen-bond acceptors (Lipinski definition) is 4. The van der Waals surface area contributed by atoms with E-state index in [1.54, 1.807) is 0 Å². The van der Waals surface area contributed by atoms with E-state index in [2.05, 4.69) is 16.0 Å². The normalized spacial score (nSPS) is 10.0. The molecule has 0 atom stereocenters. The minimum Gasteiger partial charge on any atom is -0.600 e. The van der Waals surface area contributed by atoms with Crippen molar-refractivity contribution in [2.24, 2.45) is 5.11 Å². The maximum Gasteiger partial charge on any atom is 0.171 e. The Bertz CT molecular complexity index is 67.0. The van der Waals surface area contributed by atoms with Gasteiger partial charge in [0.05, 0.1) is 7.05 Å². The van der Waals surface area contributed by atoms with Crippen molar-refractivity contribution in [3.05, 3.63) is 5.21 Å². The van der Waals surface area contributed by atoms with Crippen LogP contribution in [0.1, 0.15) is 0 Å². The van der Waals surface area contributed by atoms with Gasteiger partial charge in [0, 0.05) is 0 Å². The van der Waals surface area contributed by atoms with Crippen molar-refractivity contribution in [3.8, 4) is 0 Å². The van der Waals surface area contributed by atoms with Crippen LogP contribution in [0.25, 0.3) is 0 Å². The van der Waals surface area contributed by atoms with Gasteiger partial charge in [-0.1, -0.05) is 0 Å². The van der Waals surface area contributed by atoms with Crippen LogP contribution < -0.4 is 10.9 Å². The Kier molecular flexibility index (Phi) is 12.8. The van der Waals surface area contributed by atoms with E-state index < -0.39 is 0 Å². The number of azo groups is 1. The summed E-state index contributed by atoms with van der Waals surface area (Å²) < 4.78 is 0. The van der Waals surface area contributed by atoms with Crippen LogP contribution in [-0.2, 0) is 0 Å². The number of rotatable bonds is 1. The molecule has 0 aromatic heterocycles. The molecule has 0 aromatic rings. The lowest BCUT2D eigenvalue weighted by Crippen LogP contribution is -2.21. The van der Waals surface area contributed by atoms with Crippen LogP contribution in [0.2, 0.25) is 0 Å². The SMILES string of the molecule is CN=[N+](C)[O-].CNNC. The predicted octanol–water partition coefficient (Wildman–Crippen LogP) is -0.451. The maximum atomic E-state index is 9.56. The molecule has 0 fully saturated rings. The number of hydrogen-bond donors (Lipinski definition) is 2. The van der Waals surface area contributed by atoms with Crippen LogP contribution in [0.15, 0.2) is 5.11 Å². The number of hydrazine groups is 1. The summed E-state index contributed by atoms with van der Waals surface area (Å²) in [4.78, 5) is 0.500. The van der Waals surface area contributed by atoms with Gasteiger partial charge < -0.3 is 5.21 Å². The van der Waals surface area contributed by atoms with Gasteiger partial charge in [-0.25, -0.2) is 0 Å². The third-order valence-electron chi connectivity index (χ3n) is 0.532. The van der Waals surface area contributed by atoms with Crippen molar-refractivity contribution in [3.63, 3.8) is 0 Å². The second kappa shape index (κ2) is 10.3. The summed E-state index contributed by atoms with van der Waals surface area (Å²) in [5.74, 6) is 0. The molecule has 0 saturated carbocycles. The van der Waals surface area contributed by atoms with Crippen LogP contribution in [0.3, 0.4) is 0 Å². The van der Waals surface area contributed by atoms with E-state index in [9.17, 15) is 5.21 Å². The highest BCUT2D eigenvalue weighted by Gasteiger charge is 1.59. The molecule has 0 spiro atoms. The Morgan fingerprint density at radius 2 is 1.56 bits per heavy atom. The molecule has 0 saturated heterocycles. The Hall–Kier alpha value is -0.680. The molecule has 0 aromatic carbocycles. The molecule has 56 valence electrons. The summed E-state index contributed by atoms with van der Waals surface area (Å²) in [5.41, 5.74) is 5.36. The van der Waals surface area contributed by atoms with Gasteiger partial charge in [-0.2, -0.15) is 0 Å². The van der Waals surface area contributed by atoms with Gasteiger partial charge in [0.15, 0.2) is 7.05 Å². The number of hydroxylamine groups is 1. The van der Waals surface area contributed by atoms with Crippen LogP contribution in [0.4, 0.5) is 0 Å². The Morgan fingerprint density at radius 1 is 1.33 bits per heavy atom. The van der Waals surface area contributed by atoms with Crippen molar-refractivity contribution in [1.29, 1.82) is 0 Å². The van der Waals surface area contributed by atoms with E-state index in [1.165, 1.54) is 14.1 Å². The summed E-state index contributed by atoms with van der Waals surface area (Å²) in [5, 5.41) is 12.7. The predicted molar refractivity (Wildman–Crippen MR) is 36.0 cm³/mol. The van der Waals surface area contributed by atoms with Crippen molar-refractivity contribution < 1.29 is 4.86 Å². The molecule has 0 radical (unpaired) electrons. The van der Waals surface area contributed by atoms with Crippen LogP contribution in [0, 0.1) is 5.21 Å². The second-order valence-corrected chi connectivity index (χ2v) is 1.16. The van der Waals surface area contributed by atoms with Crippen molar-refractivity contribution >= 4 is 0 Å². The van der Waals surface area contributed by atoms with Crippen LogP contribution in [0.5, 0.6) is 0 Å². The molecule has 0 amide bonds. The minimum absolute atomic E-state index is 0.500. The second-order valence-electron chi connectivity index (χ2n) is 1.16. The standard InChI is InChI=1S/C2H6N2O.C2H8N2/c1-3-4(2)5;1-3-4-2/h1-2H3;3-4H,1-2H3. The molecule has 2 N–H and O–H groups in total. The fraction of sp³-hybridized carbons (Fsp3) is 1.00. The largest absolute Gasteiger partial charge is 0.600 e. The molecule has 0 unspecified atom stereocenters. The third kappa shape index (κ3) is 38.5. The Morgan fingerprint density at radius 3 is 1.56 bits per heavy atom. The summed E-state index contributed by atoms with van der Waals surface area (Å²) in [6.45, 7) is 0. The van der Waals surface area contributed by atoms with E-state index in [0.29, 0.717) is 4.86 Å². The number of nitrogens with zero attached hydrogens (tertiary/aromatic N) is 2. The molecule has 0 heterocycles. The highest BCUT2D eigenvalue weighted by molar-refractivity contribution is 3.99.